The van der Waals surface area contributed by atoms with E-state index in [1.807, 2.05) is 6.07 Å². The summed E-state index contributed by atoms with van der Waals surface area (Å²) in [4.78, 5) is 14.1. The number of sulfone groups is 1. The van der Waals surface area contributed by atoms with Crippen LogP contribution in [0.25, 0.3) is 10.4 Å². The molecule has 1 N–H and O–H groups in total. The average molecular weight is 440 g/mol. The summed E-state index contributed by atoms with van der Waals surface area (Å²) in [5.74, 6) is -0.202. The molecule has 0 aliphatic rings. The molecule has 0 radical (unpaired) electrons. The molecule has 0 saturated heterocycles. The van der Waals surface area contributed by atoms with Crippen molar-refractivity contribution in [2.45, 2.75) is 11.4 Å². The van der Waals surface area contributed by atoms with E-state index in [1.54, 1.807) is 36.4 Å². The Kier molecular flexibility index (Phi) is 5.91. The molecule has 1 heterocycles. The highest BCUT2D eigenvalue weighted by atomic mass is 35.5. The largest absolute Gasteiger partial charge is 0.347 e. The monoisotopic (exact) mass is 439 g/mol. The molecule has 140 valence electrons. The van der Waals surface area contributed by atoms with Crippen molar-refractivity contribution >= 4 is 50.3 Å². The van der Waals surface area contributed by atoms with E-state index in [2.05, 4.69) is 5.32 Å². The highest BCUT2D eigenvalue weighted by Gasteiger charge is 2.12. The number of carbonyl (C=O) groups excluding carboxylic acids is 1. The van der Waals surface area contributed by atoms with Gasteiger partial charge in [0.25, 0.3) is 5.91 Å². The lowest BCUT2D eigenvalue weighted by Crippen LogP contribution is -2.21. The third kappa shape index (κ3) is 5.11. The summed E-state index contributed by atoms with van der Waals surface area (Å²) in [6.45, 7) is 0.305. The maximum Gasteiger partial charge on any atom is 0.261 e. The molecule has 4 nitrogen and oxygen atoms in total. The molecule has 1 aromatic heterocycles. The molecule has 2 aromatic carbocycles. The number of carbonyl (C=O) groups is 1. The molecule has 3 rings (SSSR count). The first-order valence-corrected chi connectivity index (χ1v) is 11.3. The summed E-state index contributed by atoms with van der Waals surface area (Å²) < 4.78 is 22.9. The van der Waals surface area contributed by atoms with Crippen molar-refractivity contribution in [3.63, 3.8) is 0 Å². The highest BCUT2D eigenvalue weighted by Crippen LogP contribution is 2.32. The van der Waals surface area contributed by atoms with Crippen molar-refractivity contribution in [2.24, 2.45) is 0 Å². The maximum absolute atomic E-state index is 12.4. The predicted molar refractivity (Wildman–Crippen MR) is 110 cm³/mol. The van der Waals surface area contributed by atoms with Crippen molar-refractivity contribution in [2.75, 3.05) is 6.26 Å². The zero-order valence-electron chi connectivity index (χ0n) is 14.2. The minimum absolute atomic E-state index is 0.202. The fraction of sp³-hybridized carbons (Fsp3) is 0.105. The molecular formula is C19H15Cl2NO3S2. The van der Waals surface area contributed by atoms with Gasteiger partial charge in [0.2, 0.25) is 0 Å². The van der Waals surface area contributed by atoms with Gasteiger partial charge >= 0.3 is 0 Å². The third-order valence-corrected chi connectivity index (χ3v) is 6.48. The fourth-order valence-electron chi connectivity index (χ4n) is 2.44. The van der Waals surface area contributed by atoms with Crippen LogP contribution in [-0.4, -0.2) is 20.6 Å². The quantitative estimate of drug-likeness (QED) is 0.604. The number of thiophene rings is 1. The highest BCUT2D eigenvalue weighted by molar-refractivity contribution is 7.90. The molecule has 0 unspecified atom stereocenters. The van der Waals surface area contributed by atoms with Gasteiger partial charge < -0.3 is 5.32 Å². The van der Waals surface area contributed by atoms with E-state index in [0.29, 0.717) is 21.5 Å². The van der Waals surface area contributed by atoms with Crippen LogP contribution in [0.3, 0.4) is 0 Å². The van der Waals surface area contributed by atoms with Crippen LogP contribution < -0.4 is 5.32 Å². The van der Waals surface area contributed by atoms with Crippen LogP contribution in [-0.2, 0) is 16.4 Å². The minimum atomic E-state index is -3.23. The number of hydrogen-bond donors (Lipinski definition) is 1. The summed E-state index contributed by atoms with van der Waals surface area (Å²) in [5, 5.41) is 3.90. The predicted octanol–water partition coefficient (Wildman–Crippen LogP) is 5.06. The molecule has 27 heavy (non-hydrogen) atoms. The molecule has 0 spiro atoms. The van der Waals surface area contributed by atoms with Crippen LogP contribution in [0.5, 0.6) is 0 Å². The summed E-state index contributed by atoms with van der Waals surface area (Å²) in [7, 11) is -3.23. The van der Waals surface area contributed by atoms with Crippen molar-refractivity contribution in [1.29, 1.82) is 0 Å². The van der Waals surface area contributed by atoms with E-state index in [9.17, 15) is 13.2 Å². The molecule has 0 bridgehead atoms. The Labute approximate surface area is 171 Å². The first kappa shape index (κ1) is 19.9. The smallest absolute Gasteiger partial charge is 0.261 e. The zero-order valence-corrected chi connectivity index (χ0v) is 17.3. The number of nitrogens with one attached hydrogen (secondary N) is 1. The van der Waals surface area contributed by atoms with Gasteiger partial charge in [-0.15, -0.1) is 11.3 Å². The Morgan fingerprint density at radius 2 is 1.63 bits per heavy atom. The van der Waals surface area contributed by atoms with Gasteiger partial charge in [-0.2, -0.15) is 0 Å². The van der Waals surface area contributed by atoms with Crippen molar-refractivity contribution in [3.8, 4) is 10.4 Å². The Bertz CT molecular complexity index is 1070. The maximum atomic E-state index is 12.4. The van der Waals surface area contributed by atoms with E-state index in [1.165, 1.54) is 23.5 Å². The minimum Gasteiger partial charge on any atom is -0.347 e. The van der Waals surface area contributed by atoms with Gasteiger partial charge in [-0.3, -0.25) is 4.79 Å². The van der Waals surface area contributed by atoms with Crippen molar-refractivity contribution < 1.29 is 13.2 Å². The molecule has 0 atom stereocenters. The molecule has 0 aliphatic heterocycles. The number of rotatable bonds is 5. The molecule has 1 amide bonds. The topological polar surface area (TPSA) is 63.2 Å². The molecular weight excluding hydrogens is 425 g/mol. The van der Waals surface area contributed by atoms with E-state index >= 15 is 0 Å². The lowest BCUT2D eigenvalue weighted by atomic mass is 10.2. The molecule has 3 aromatic rings. The van der Waals surface area contributed by atoms with Crippen LogP contribution in [0.2, 0.25) is 10.0 Å². The molecule has 8 heteroatoms. The van der Waals surface area contributed by atoms with Gasteiger partial charge in [0.1, 0.15) is 0 Å². The molecule has 0 aliphatic carbocycles. The van der Waals surface area contributed by atoms with E-state index in [0.717, 1.165) is 22.3 Å². The summed E-state index contributed by atoms with van der Waals surface area (Å²) in [6.07, 6.45) is 1.16. The molecule has 0 saturated carbocycles. The second-order valence-corrected chi connectivity index (χ2v) is 9.89. The first-order valence-electron chi connectivity index (χ1n) is 7.86. The van der Waals surface area contributed by atoms with E-state index < -0.39 is 9.84 Å². The van der Waals surface area contributed by atoms with Crippen LogP contribution in [0, 0.1) is 0 Å². The van der Waals surface area contributed by atoms with Crippen molar-refractivity contribution in [3.05, 3.63) is 75.1 Å². The van der Waals surface area contributed by atoms with Gasteiger partial charge in [0.15, 0.2) is 9.84 Å². The van der Waals surface area contributed by atoms with Crippen LogP contribution >= 0.6 is 34.5 Å². The Hall–Kier alpha value is -1.86. The second kappa shape index (κ2) is 8.02. The zero-order chi connectivity index (χ0) is 19.6. The Balaban J connectivity index is 1.68. The second-order valence-electron chi connectivity index (χ2n) is 5.92. The van der Waals surface area contributed by atoms with E-state index in [4.69, 9.17) is 23.2 Å². The average Bonchev–Trinajstić information content (AvgIpc) is 3.09. The van der Waals surface area contributed by atoms with Gasteiger partial charge in [-0.1, -0.05) is 35.3 Å². The number of amides is 1. The van der Waals surface area contributed by atoms with Gasteiger partial charge in [-0.25, -0.2) is 8.42 Å². The van der Waals surface area contributed by atoms with Gasteiger partial charge in [0.05, 0.1) is 9.77 Å². The van der Waals surface area contributed by atoms with Crippen LogP contribution in [0.15, 0.2) is 59.5 Å². The van der Waals surface area contributed by atoms with Gasteiger partial charge in [0, 0.05) is 27.7 Å². The summed E-state index contributed by atoms with van der Waals surface area (Å²) in [5.41, 5.74) is 1.67. The normalized spacial score (nSPS) is 11.4. The standard InChI is InChI=1S/C19H15Cl2NO3S2/c1-27(24,25)16-4-2-12(3-5-16)11-22-19(23)18-7-6-17(26-18)13-8-14(20)10-15(21)9-13/h2-10H,11H2,1H3,(H,22,23). The first-order chi connectivity index (χ1) is 12.7. The lowest BCUT2D eigenvalue weighted by molar-refractivity contribution is 0.0955. The summed E-state index contributed by atoms with van der Waals surface area (Å²) >= 11 is 13.4. The van der Waals surface area contributed by atoms with E-state index in [-0.39, 0.29) is 10.8 Å². The summed E-state index contributed by atoms with van der Waals surface area (Å²) in [6, 6.07) is 15.3. The lowest BCUT2D eigenvalue weighted by Gasteiger charge is -2.05. The van der Waals surface area contributed by atoms with Crippen molar-refractivity contribution in [1.82, 2.24) is 5.32 Å². The van der Waals surface area contributed by atoms with Crippen LogP contribution in [0.1, 0.15) is 15.2 Å². The number of halogens is 2. The SMILES string of the molecule is CS(=O)(=O)c1ccc(CNC(=O)c2ccc(-c3cc(Cl)cc(Cl)c3)s2)cc1. The van der Waals surface area contributed by atoms with Gasteiger partial charge in [-0.05, 0) is 53.6 Å². The number of hydrogen-bond acceptors (Lipinski definition) is 4. The fourth-order valence-corrected chi connectivity index (χ4v) is 4.50. The Morgan fingerprint density at radius 3 is 2.22 bits per heavy atom. The number of benzene rings is 2. The third-order valence-electron chi connectivity index (χ3n) is 3.78. The van der Waals surface area contributed by atoms with Crippen LogP contribution in [0.4, 0.5) is 0 Å². The Morgan fingerprint density at radius 1 is 1.00 bits per heavy atom. The molecule has 0 fully saturated rings.